The van der Waals surface area contributed by atoms with Crippen LogP contribution in [0.5, 0.6) is 0 Å². The van der Waals surface area contributed by atoms with Gasteiger partial charge in [-0.15, -0.1) is 0 Å². The SMILES string of the molecule is CC1=C(C)CC(/C=C/c2ccccc2)OC1. The maximum Gasteiger partial charge on any atom is 0.0800 e. The van der Waals surface area contributed by atoms with Gasteiger partial charge < -0.3 is 4.74 Å². The summed E-state index contributed by atoms with van der Waals surface area (Å²) >= 11 is 0. The average Bonchev–Trinajstić information content (AvgIpc) is 2.32. The molecule has 1 aromatic carbocycles. The monoisotopic (exact) mass is 214 g/mol. The lowest BCUT2D eigenvalue weighted by molar-refractivity contribution is 0.0924. The number of benzene rings is 1. The van der Waals surface area contributed by atoms with E-state index >= 15 is 0 Å². The topological polar surface area (TPSA) is 9.23 Å². The van der Waals surface area contributed by atoms with Crippen molar-refractivity contribution in [3.05, 3.63) is 53.1 Å². The lowest BCUT2D eigenvalue weighted by Crippen LogP contribution is -2.18. The van der Waals surface area contributed by atoms with Crippen molar-refractivity contribution in [1.29, 1.82) is 0 Å². The molecule has 1 heteroatoms. The second-order valence-electron chi connectivity index (χ2n) is 4.38. The maximum atomic E-state index is 5.74. The number of ether oxygens (including phenoxy) is 1. The van der Waals surface area contributed by atoms with Crippen LogP contribution in [0.4, 0.5) is 0 Å². The van der Waals surface area contributed by atoms with Gasteiger partial charge in [0.25, 0.3) is 0 Å². The van der Waals surface area contributed by atoms with Crippen molar-refractivity contribution in [2.24, 2.45) is 0 Å². The molecule has 0 fully saturated rings. The molecule has 1 aromatic rings. The van der Waals surface area contributed by atoms with E-state index in [-0.39, 0.29) is 6.10 Å². The predicted octanol–water partition coefficient (Wildman–Crippen LogP) is 3.83. The Kier molecular flexibility index (Phi) is 3.58. The number of hydrogen-bond acceptors (Lipinski definition) is 1. The minimum absolute atomic E-state index is 0.240. The first kappa shape index (κ1) is 11.2. The van der Waals surface area contributed by atoms with Gasteiger partial charge in [-0.1, -0.05) is 48.1 Å². The van der Waals surface area contributed by atoms with Gasteiger partial charge in [0.05, 0.1) is 12.7 Å². The predicted molar refractivity (Wildman–Crippen MR) is 68.2 cm³/mol. The van der Waals surface area contributed by atoms with E-state index in [1.165, 1.54) is 16.7 Å². The highest BCUT2D eigenvalue weighted by atomic mass is 16.5. The first-order valence-electron chi connectivity index (χ1n) is 5.76. The summed E-state index contributed by atoms with van der Waals surface area (Å²) in [6.45, 7) is 5.11. The molecule has 0 spiro atoms. The normalized spacial score (nSPS) is 21.8. The Morgan fingerprint density at radius 3 is 2.56 bits per heavy atom. The molecular formula is C15H18O. The fourth-order valence-electron chi connectivity index (χ4n) is 1.80. The Morgan fingerprint density at radius 1 is 1.12 bits per heavy atom. The van der Waals surface area contributed by atoms with E-state index in [1.54, 1.807) is 0 Å². The number of hydrogen-bond donors (Lipinski definition) is 0. The van der Waals surface area contributed by atoms with Gasteiger partial charge in [0.1, 0.15) is 0 Å². The van der Waals surface area contributed by atoms with Crippen LogP contribution < -0.4 is 0 Å². The molecule has 0 N–H and O–H groups in total. The second kappa shape index (κ2) is 5.13. The standard InChI is InChI=1S/C15H18O/c1-12-10-15(16-11-13(12)2)9-8-14-6-4-3-5-7-14/h3-9,15H,10-11H2,1-2H3/b9-8+. The lowest BCUT2D eigenvalue weighted by Gasteiger charge is -2.22. The van der Waals surface area contributed by atoms with E-state index in [2.05, 4.69) is 50.3 Å². The van der Waals surface area contributed by atoms with Gasteiger partial charge in [-0.3, -0.25) is 0 Å². The van der Waals surface area contributed by atoms with E-state index in [4.69, 9.17) is 4.74 Å². The molecule has 1 aliphatic heterocycles. The Balaban J connectivity index is 1.99. The molecule has 0 amide bonds. The smallest absolute Gasteiger partial charge is 0.0800 e. The highest BCUT2D eigenvalue weighted by molar-refractivity contribution is 5.49. The molecule has 0 saturated carbocycles. The zero-order valence-corrected chi connectivity index (χ0v) is 9.94. The molecule has 1 heterocycles. The van der Waals surface area contributed by atoms with Crippen LogP contribution >= 0.6 is 0 Å². The molecule has 2 rings (SSSR count). The van der Waals surface area contributed by atoms with Gasteiger partial charge in [-0.05, 0) is 31.4 Å². The molecule has 1 atom stereocenters. The van der Waals surface area contributed by atoms with Crippen LogP contribution in [-0.4, -0.2) is 12.7 Å². The van der Waals surface area contributed by atoms with E-state index in [0.717, 1.165) is 13.0 Å². The van der Waals surface area contributed by atoms with Crippen LogP contribution in [0.2, 0.25) is 0 Å². The third kappa shape index (κ3) is 2.83. The summed E-state index contributed by atoms with van der Waals surface area (Å²) in [6, 6.07) is 10.3. The van der Waals surface area contributed by atoms with Gasteiger partial charge >= 0.3 is 0 Å². The van der Waals surface area contributed by atoms with Gasteiger partial charge in [0.15, 0.2) is 0 Å². The molecule has 0 saturated heterocycles. The summed E-state index contributed by atoms with van der Waals surface area (Å²) in [6.07, 6.45) is 5.56. The van der Waals surface area contributed by atoms with Crippen LogP contribution in [0.3, 0.4) is 0 Å². The van der Waals surface area contributed by atoms with Gasteiger partial charge in [0, 0.05) is 0 Å². The Bertz CT molecular complexity index is 401. The van der Waals surface area contributed by atoms with E-state index in [9.17, 15) is 0 Å². The van der Waals surface area contributed by atoms with E-state index < -0.39 is 0 Å². The molecule has 1 unspecified atom stereocenters. The van der Waals surface area contributed by atoms with Crippen molar-refractivity contribution in [3.8, 4) is 0 Å². The zero-order valence-electron chi connectivity index (χ0n) is 9.94. The van der Waals surface area contributed by atoms with Gasteiger partial charge in [-0.2, -0.15) is 0 Å². The van der Waals surface area contributed by atoms with Crippen molar-refractivity contribution >= 4 is 6.08 Å². The van der Waals surface area contributed by atoms with Crippen molar-refractivity contribution in [3.63, 3.8) is 0 Å². The van der Waals surface area contributed by atoms with Crippen LogP contribution in [0, 0.1) is 0 Å². The average molecular weight is 214 g/mol. The second-order valence-corrected chi connectivity index (χ2v) is 4.38. The van der Waals surface area contributed by atoms with Crippen molar-refractivity contribution in [2.75, 3.05) is 6.61 Å². The molecule has 0 radical (unpaired) electrons. The first-order valence-corrected chi connectivity index (χ1v) is 5.76. The Labute approximate surface area is 97.4 Å². The van der Waals surface area contributed by atoms with E-state index in [0.29, 0.717) is 0 Å². The summed E-state index contributed by atoms with van der Waals surface area (Å²) in [5.74, 6) is 0. The third-order valence-corrected chi connectivity index (χ3v) is 3.05. The minimum Gasteiger partial charge on any atom is -0.369 e. The molecule has 1 aliphatic rings. The minimum atomic E-state index is 0.240. The van der Waals surface area contributed by atoms with Crippen molar-refractivity contribution < 1.29 is 4.74 Å². The quantitative estimate of drug-likeness (QED) is 0.680. The third-order valence-electron chi connectivity index (χ3n) is 3.05. The van der Waals surface area contributed by atoms with Crippen molar-refractivity contribution in [1.82, 2.24) is 0 Å². The molecular weight excluding hydrogens is 196 g/mol. The first-order chi connectivity index (χ1) is 7.75. The summed E-state index contributed by atoms with van der Waals surface area (Å²) < 4.78 is 5.74. The molecule has 1 nitrogen and oxygen atoms in total. The molecule has 0 aliphatic carbocycles. The van der Waals surface area contributed by atoms with Crippen LogP contribution in [0.1, 0.15) is 25.8 Å². The zero-order chi connectivity index (χ0) is 11.4. The summed E-state index contributed by atoms with van der Waals surface area (Å²) in [5, 5.41) is 0. The van der Waals surface area contributed by atoms with E-state index in [1.807, 2.05) is 6.07 Å². The van der Waals surface area contributed by atoms with Gasteiger partial charge in [-0.25, -0.2) is 0 Å². The summed E-state index contributed by atoms with van der Waals surface area (Å²) in [4.78, 5) is 0. The highest BCUT2D eigenvalue weighted by Gasteiger charge is 2.13. The largest absolute Gasteiger partial charge is 0.369 e. The maximum absolute atomic E-state index is 5.74. The molecule has 84 valence electrons. The Hall–Kier alpha value is -1.34. The molecule has 0 bridgehead atoms. The summed E-state index contributed by atoms with van der Waals surface area (Å²) in [5.41, 5.74) is 4.08. The molecule has 0 aromatic heterocycles. The molecule has 16 heavy (non-hydrogen) atoms. The number of rotatable bonds is 2. The lowest BCUT2D eigenvalue weighted by atomic mass is 10.0. The van der Waals surface area contributed by atoms with Crippen LogP contribution in [0.25, 0.3) is 6.08 Å². The van der Waals surface area contributed by atoms with Crippen LogP contribution in [0.15, 0.2) is 47.6 Å². The Morgan fingerprint density at radius 2 is 1.88 bits per heavy atom. The van der Waals surface area contributed by atoms with Crippen molar-refractivity contribution in [2.45, 2.75) is 26.4 Å². The van der Waals surface area contributed by atoms with Crippen LogP contribution in [-0.2, 0) is 4.74 Å². The summed E-state index contributed by atoms with van der Waals surface area (Å²) in [7, 11) is 0. The van der Waals surface area contributed by atoms with Gasteiger partial charge in [0.2, 0.25) is 0 Å². The highest BCUT2D eigenvalue weighted by Crippen LogP contribution is 2.20. The fourth-order valence-corrected chi connectivity index (χ4v) is 1.80. The fraction of sp³-hybridized carbons (Fsp3) is 0.333.